The molecule has 0 fully saturated rings. The van der Waals surface area contributed by atoms with Crippen molar-refractivity contribution >= 4 is 34.9 Å². The molecule has 0 saturated heterocycles. The Hall–Kier alpha value is -2.55. The molecule has 2 N–H and O–H groups in total. The van der Waals surface area contributed by atoms with Gasteiger partial charge in [-0.15, -0.1) is 0 Å². The molecule has 0 aliphatic heterocycles. The topological polar surface area (TPSA) is 119 Å². The van der Waals surface area contributed by atoms with E-state index < -0.39 is 29.2 Å². The standard InChI is InChI=1S/C16H19NO7S/c1-3-8-23-15(21)11-6-4-5-7-13(11)24-16(22)25-9-12(14(19)20)17-10(2)18/h4-7,12H,3,8-9H2,1-2H3,(H,17,18)(H,19,20). The SMILES string of the molecule is CCCOC(=O)c1ccccc1OC(=O)SCC(NC(C)=O)C(=O)O. The molecule has 1 amide bonds. The molecule has 0 aliphatic rings. The third-order valence-corrected chi connectivity index (χ3v) is 3.60. The summed E-state index contributed by atoms with van der Waals surface area (Å²) in [6, 6.07) is 4.86. The van der Waals surface area contributed by atoms with Gasteiger partial charge < -0.3 is 19.9 Å². The monoisotopic (exact) mass is 369 g/mol. The lowest BCUT2D eigenvalue weighted by Crippen LogP contribution is -2.41. The number of carbonyl (C=O) groups excluding carboxylic acids is 3. The zero-order valence-electron chi connectivity index (χ0n) is 13.8. The third kappa shape index (κ3) is 7.25. The van der Waals surface area contributed by atoms with Crippen LogP contribution < -0.4 is 10.1 Å². The molecule has 0 bridgehead atoms. The number of rotatable bonds is 8. The summed E-state index contributed by atoms with van der Waals surface area (Å²) in [5, 5.41) is 10.4. The molecule has 0 aromatic heterocycles. The van der Waals surface area contributed by atoms with Crippen LogP contribution in [0.4, 0.5) is 4.79 Å². The average molecular weight is 369 g/mol. The lowest BCUT2D eigenvalue weighted by atomic mass is 10.2. The maximum absolute atomic E-state index is 11.9. The summed E-state index contributed by atoms with van der Waals surface area (Å²) in [6.07, 6.45) is 0.656. The van der Waals surface area contributed by atoms with Gasteiger partial charge in [-0.05, 0) is 30.3 Å². The molecule has 136 valence electrons. The van der Waals surface area contributed by atoms with Crippen LogP contribution in [0.3, 0.4) is 0 Å². The van der Waals surface area contributed by atoms with Gasteiger partial charge in [0.2, 0.25) is 5.91 Å². The number of amides is 1. The van der Waals surface area contributed by atoms with Gasteiger partial charge in [0.1, 0.15) is 17.4 Å². The van der Waals surface area contributed by atoms with Crippen molar-refractivity contribution in [3.63, 3.8) is 0 Å². The van der Waals surface area contributed by atoms with Crippen LogP contribution in [0.25, 0.3) is 0 Å². The molecule has 1 atom stereocenters. The van der Waals surface area contributed by atoms with E-state index in [0.717, 1.165) is 0 Å². The molecule has 8 nitrogen and oxygen atoms in total. The zero-order valence-corrected chi connectivity index (χ0v) is 14.6. The Morgan fingerprint density at radius 2 is 1.92 bits per heavy atom. The molecule has 0 heterocycles. The number of nitrogens with one attached hydrogen (secondary N) is 1. The van der Waals surface area contributed by atoms with Crippen molar-refractivity contribution in [3.8, 4) is 5.75 Å². The number of aliphatic carboxylic acids is 1. The van der Waals surface area contributed by atoms with Crippen LogP contribution in [0.2, 0.25) is 0 Å². The highest BCUT2D eigenvalue weighted by Gasteiger charge is 2.22. The number of carboxylic acids is 1. The van der Waals surface area contributed by atoms with E-state index in [1.807, 2.05) is 6.92 Å². The lowest BCUT2D eigenvalue weighted by molar-refractivity contribution is -0.140. The molecule has 0 saturated carbocycles. The number of esters is 1. The first-order valence-electron chi connectivity index (χ1n) is 7.45. The quantitative estimate of drug-likeness (QED) is 0.669. The average Bonchev–Trinajstić information content (AvgIpc) is 2.56. The van der Waals surface area contributed by atoms with E-state index in [2.05, 4.69) is 5.32 Å². The Morgan fingerprint density at radius 3 is 2.52 bits per heavy atom. The van der Waals surface area contributed by atoms with Gasteiger partial charge in [-0.25, -0.2) is 14.4 Å². The number of thioether (sulfide) groups is 1. The van der Waals surface area contributed by atoms with E-state index in [-0.39, 0.29) is 23.7 Å². The van der Waals surface area contributed by atoms with Crippen LogP contribution in [0.1, 0.15) is 30.6 Å². The minimum Gasteiger partial charge on any atom is -0.480 e. The molecule has 1 rings (SSSR count). The molecule has 0 aliphatic carbocycles. The van der Waals surface area contributed by atoms with E-state index >= 15 is 0 Å². The van der Waals surface area contributed by atoms with Crippen LogP contribution in [0.5, 0.6) is 5.75 Å². The highest BCUT2D eigenvalue weighted by molar-refractivity contribution is 8.13. The van der Waals surface area contributed by atoms with Crippen molar-refractivity contribution < 1.29 is 33.8 Å². The van der Waals surface area contributed by atoms with E-state index in [1.165, 1.54) is 19.1 Å². The van der Waals surface area contributed by atoms with Crippen LogP contribution in [-0.4, -0.2) is 46.7 Å². The summed E-state index contributed by atoms with van der Waals surface area (Å²) in [6.45, 7) is 3.27. The van der Waals surface area contributed by atoms with E-state index in [4.69, 9.17) is 14.6 Å². The molecular formula is C16H19NO7S. The van der Waals surface area contributed by atoms with E-state index in [9.17, 15) is 19.2 Å². The van der Waals surface area contributed by atoms with E-state index in [1.54, 1.807) is 12.1 Å². The second kappa shape index (κ2) is 10.3. The summed E-state index contributed by atoms with van der Waals surface area (Å²) in [4.78, 5) is 45.8. The number of ether oxygens (including phenoxy) is 2. The molecule has 0 radical (unpaired) electrons. The second-order valence-electron chi connectivity index (χ2n) is 4.89. The smallest absolute Gasteiger partial charge is 0.372 e. The molecule has 0 spiro atoms. The van der Waals surface area contributed by atoms with Crippen molar-refractivity contribution in [1.29, 1.82) is 0 Å². The fourth-order valence-electron chi connectivity index (χ4n) is 1.69. The number of hydrogen-bond donors (Lipinski definition) is 2. The van der Waals surface area contributed by atoms with Crippen LogP contribution >= 0.6 is 11.8 Å². The maximum atomic E-state index is 11.9. The summed E-state index contributed by atoms with van der Waals surface area (Å²) in [5.41, 5.74) is 0.0987. The van der Waals surface area contributed by atoms with Crippen LogP contribution in [-0.2, 0) is 14.3 Å². The predicted octanol–water partition coefficient (Wildman–Crippen LogP) is 2.07. The Kier molecular flexibility index (Phi) is 8.48. The highest BCUT2D eigenvalue weighted by atomic mass is 32.2. The predicted molar refractivity (Wildman–Crippen MR) is 90.7 cm³/mol. The number of carboxylic acid groups (broad SMARTS) is 1. The normalized spacial score (nSPS) is 11.3. The summed E-state index contributed by atoms with van der Waals surface area (Å²) in [5.74, 6) is -2.59. The largest absolute Gasteiger partial charge is 0.480 e. The minimum atomic E-state index is -1.26. The number of hydrogen-bond acceptors (Lipinski definition) is 7. The van der Waals surface area contributed by atoms with Crippen LogP contribution in [0.15, 0.2) is 24.3 Å². The molecule has 9 heteroatoms. The van der Waals surface area contributed by atoms with Crippen molar-refractivity contribution in [1.82, 2.24) is 5.32 Å². The van der Waals surface area contributed by atoms with Crippen molar-refractivity contribution in [3.05, 3.63) is 29.8 Å². The molecule has 1 aromatic rings. The van der Waals surface area contributed by atoms with Crippen LogP contribution in [0, 0.1) is 0 Å². The third-order valence-electron chi connectivity index (χ3n) is 2.78. The van der Waals surface area contributed by atoms with Gasteiger partial charge in [-0.1, -0.05) is 19.1 Å². The van der Waals surface area contributed by atoms with Gasteiger partial charge in [0.15, 0.2) is 0 Å². The van der Waals surface area contributed by atoms with Crippen molar-refractivity contribution in [2.75, 3.05) is 12.4 Å². The maximum Gasteiger partial charge on any atom is 0.372 e. The number of carbonyl (C=O) groups is 4. The van der Waals surface area contributed by atoms with Crippen molar-refractivity contribution in [2.45, 2.75) is 26.3 Å². The molecule has 25 heavy (non-hydrogen) atoms. The zero-order chi connectivity index (χ0) is 18.8. The van der Waals surface area contributed by atoms with Gasteiger partial charge in [0.25, 0.3) is 0 Å². The second-order valence-corrected chi connectivity index (χ2v) is 5.84. The minimum absolute atomic E-state index is 0.0208. The van der Waals surface area contributed by atoms with Gasteiger partial charge >= 0.3 is 17.2 Å². The highest BCUT2D eigenvalue weighted by Crippen LogP contribution is 2.22. The van der Waals surface area contributed by atoms with Crippen molar-refractivity contribution in [2.24, 2.45) is 0 Å². The summed E-state index contributed by atoms with van der Waals surface area (Å²) >= 11 is 0.579. The molecule has 1 unspecified atom stereocenters. The Morgan fingerprint density at radius 1 is 1.24 bits per heavy atom. The Bertz CT molecular complexity index is 647. The molecular weight excluding hydrogens is 350 g/mol. The van der Waals surface area contributed by atoms with Gasteiger partial charge in [-0.3, -0.25) is 4.79 Å². The Balaban J connectivity index is 2.69. The molecule has 1 aromatic carbocycles. The first-order valence-corrected chi connectivity index (χ1v) is 8.44. The fraction of sp³-hybridized carbons (Fsp3) is 0.375. The van der Waals surface area contributed by atoms with E-state index in [0.29, 0.717) is 18.2 Å². The first-order chi connectivity index (χ1) is 11.8. The lowest BCUT2D eigenvalue weighted by Gasteiger charge is -2.13. The fourth-order valence-corrected chi connectivity index (χ4v) is 2.36. The van der Waals surface area contributed by atoms with Gasteiger partial charge in [-0.2, -0.15) is 0 Å². The summed E-state index contributed by atoms with van der Waals surface area (Å²) < 4.78 is 10.1. The first kappa shape index (κ1) is 20.5. The number of para-hydroxylation sites is 1. The van der Waals surface area contributed by atoms with Gasteiger partial charge in [0.05, 0.1) is 6.61 Å². The van der Waals surface area contributed by atoms with Gasteiger partial charge in [0, 0.05) is 12.7 Å². The Labute approximate surface area is 148 Å². The summed E-state index contributed by atoms with van der Waals surface area (Å²) in [7, 11) is 0. The number of benzene rings is 1.